The largest absolute Gasteiger partial charge is 0.497 e. The van der Waals surface area contributed by atoms with Crippen LogP contribution in [0.3, 0.4) is 0 Å². The number of esters is 1. The van der Waals surface area contributed by atoms with Crippen molar-refractivity contribution in [3.63, 3.8) is 0 Å². The highest BCUT2D eigenvalue weighted by Gasteiger charge is 2.44. The Morgan fingerprint density at radius 1 is 0.972 bits per heavy atom. The van der Waals surface area contributed by atoms with E-state index in [4.69, 9.17) is 14.2 Å². The molecule has 4 aromatic rings. The summed E-state index contributed by atoms with van der Waals surface area (Å²) < 4.78 is 15.7. The Labute approximate surface area is 209 Å². The van der Waals surface area contributed by atoms with Crippen molar-refractivity contribution >= 4 is 28.7 Å². The van der Waals surface area contributed by atoms with Crippen LogP contribution in [0.15, 0.2) is 72.8 Å². The second kappa shape index (κ2) is 9.75. The molecule has 1 aromatic heterocycles. The number of hydrogen-bond acceptors (Lipinski definition) is 6. The number of aromatic amines is 1. The fourth-order valence-electron chi connectivity index (χ4n) is 4.70. The number of hydrogen-bond donors (Lipinski definition) is 1. The standard InChI is InChI=1S/C28H27N3O5/c1-4-36-27(32)20-12-15-22-23(16-20)29-24-25(19-8-6-5-7-9-19)30(31(26(22)24)28(33)35-3)17-18-10-13-21(34-2)14-11-18/h5-16,25,29H,4,17H2,1-3H3. The highest BCUT2D eigenvalue weighted by Crippen LogP contribution is 2.48. The van der Waals surface area contributed by atoms with E-state index in [0.29, 0.717) is 24.4 Å². The summed E-state index contributed by atoms with van der Waals surface area (Å²) in [4.78, 5) is 29.0. The number of aromatic nitrogens is 1. The van der Waals surface area contributed by atoms with E-state index in [1.54, 1.807) is 31.2 Å². The molecular weight excluding hydrogens is 458 g/mol. The Hall–Kier alpha value is -4.30. The topological polar surface area (TPSA) is 84.1 Å². The van der Waals surface area contributed by atoms with Crippen LogP contribution in [-0.2, 0) is 16.0 Å². The number of nitrogens with zero attached hydrogens (tertiary/aromatic N) is 2. The van der Waals surface area contributed by atoms with Gasteiger partial charge in [-0.1, -0.05) is 42.5 Å². The highest BCUT2D eigenvalue weighted by atomic mass is 16.5. The number of carbonyl (C=O) groups is 2. The molecule has 2 heterocycles. The van der Waals surface area contributed by atoms with Gasteiger partial charge in [0.05, 0.1) is 43.8 Å². The quantitative estimate of drug-likeness (QED) is 0.366. The first-order valence-corrected chi connectivity index (χ1v) is 11.7. The zero-order valence-corrected chi connectivity index (χ0v) is 20.4. The first-order valence-electron chi connectivity index (χ1n) is 11.7. The zero-order valence-electron chi connectivity index (χ0n) is 20.4. The molecule has 0 saturated carbocycles. The Kier molecular flexibility index (Phi) is 6.35. The van der Waals surface area contributed by atoms with E-state index < -0.39 is 6.09 Å². The van der Waals surface area contributed by atoms with Crippen LogP contribution >= 0.6 is 0 Å². The van der Waals surface area contributed by atoms with Crippen LogP contribution < -0.4 is 9.75 Å². The molecule has 184 valence electrons. The van der Waals surface area contributed by atoms with Crippen molar-refractivity contribution in [1.29, 1.82) is 0 Å². The van der Waals surface area contributed by atoms with Gasteiger partial charge in [-0.3, -0.25) is 0 Å². The molecule has 0 spiro atoms. The number of H-pyrrole nitrogens is 1. The van der Waals surface area contributed by atoms with Crippen molar-refractivity contribution in [1.82, 2.24) is 9.99 Å². The summed E-state index contributed by atoms with van der Waals surface area (Å²) in [7, 11) is 3.00. The average molecular weight is 486 g/mol. The van der Waals surface area contributed by atoms with E-state index in [9.17, 15) is 9.59 Å². The molecule has 1 aliphatic rings. The molecule has 0 saturated heterocycles. The van der Waals surface area contributed by atoms with Crippen LogP contribution in [0.4, 0.5) is 10.5 Å². The summed E-state index contributed by atoms with van der Waals surface area (Å²) in [6, 6.07) is 22.8. The van der Waals surface area contributed by atoms with Gasteiger partial charge in [-0.2, -0.15) is 5.01 Å². The number of nitrogens with one attached hydrogen (secondary N) is 1. The molecule has 3 aromatic carbocycles. The highest BCUT2D eigenvalue weighted by molar-refractivity contribution is 6.06. The lowest BCUT2D eigenvalue weighted by atomic mass is 10.0. The summed E-state index contributed by atoms with van der Waals surface area (Å²) in [6.45, 7) is 2.52. The number of fused-ring (bicyclic) bond motifs is 3. The predicted octanol–water partition coefficient (Wildman–Crippen LogP) is 5.45. The first-order chi connectivity index (χ1) is 17.5. The minimum atomic E-state index is -0.501. The first kappa shape index (κ1) is 23.4. The van der Waals surface area contributed by atoms with Gasteiger partial charge in [0.25, 0.3) is 0 Å². The fourth-order valence-corrected chi connectivity index (χ4v) is 4.70. The van der Waals surface area contributed by atoms with Crippen molar-refractivity contribution in [3.8, 4) is 5.75 Å². The molecular formula is C28H27N3O5. The minimum absolute atomic E-state index is 0.291. The van der Waals surface area contributed by atoms with E-state index in [1.165, 1.54) is 7.11 Å². The number of hydrazine groups is 1. The maximum atomic E-state index is 13.2. The molecule has 8 heteroatoms. The van der Waals surface area contributed by atoms with E-state index in [0.717, 1.165) is 33.5 Å². The lowest BCUT2D eigenvalue weighted by Crippen LogP contribution is -2.44. The van der Waals surface area contributed by atoms with Gasteiger partial charge in [0.15, 0.2) is 0 Å². The summed E-state index contributed by atoms with van der Waals surface area (Å²) in [5, 5.41) is 4.38. The van der Waals surface area contributed by atoms with Crippen molar-refractivity contribution < 1.29 is 23.8 Å². The third-order valence-corrected chi connectivity index (χ3v) is 6.32. The number of amides is 1. The number of anilines is 1. The van der Waals surface area contributed by atoms with Gasteiger partial charge in [-0.05, 0) is 48.4 Å². The number of carbonyl (C=O) groups excluding carboxylic acids is 2. The van der Waals surface area contributed by atoms with Crippen molar-refractivity contribution in [2.24, 2.45) is 0 Å². The smallest absolute Gasteiger partial charge is 0.429 e. The van der Waals surface area contributed by atoms with Gasteiger partial charge in [0.1, 0.15) is 5.75 Å². The van der Waals surface area contributed by atoms with Crippen LogP contribution in [0.25, 0.3) is 10.9 Å². The van der Waals surface area contributed by atoms with Crippen LogP contribution in [0.5, 0.6) is 5.75 Å². The number of benzene rings is 3. The maximum Gasteiger partial charge on any atom is 0.429 e. The van der Waals surface area contributed by atoms with Gasteiger partial charge in [0, 0.05) is 17.4 Å². The Bertz CT molecular complexity index is 1400. The molecule has 1 unspecified atom stereocenters. The molecule has 8 nitrogen and oxygen atoms in total. The Morgan fingerprint density at radius 3 is 2.39 bits per heavy atom. The van der Waals surface area contributed by atoms with E-state index in [1.807, 2.05) is 65.7 Å². The molecule has 5 rings (SSSR count). The Balaban J connectivity index is 1.66. The summed E-state index contributed by atoms with van der Waals surface area (Å²) in [6.07, 6.45) is -0.501. The summed E-state index contributed by atoms with van der Waals surface area (Å²) in [5.41, 5.74) is 4.75. The van der Waals surface area contributed by atoms with Crippen LogP contribution in [-0.4, -0.2) is 42.9 Å². The fraction of sp³-hybridized carbons (Fsp3) is 0.214. The second-order valence-electron chi connectivity index (χ2n) is 8.41. The maximum absolute atomic E-state index is 13.2. The summed E-state index contributed by atoms with van der Waals surface area (Å²) >= 11 is 0. The van der Waals surface area contributed by atoms with Crippen molar-refractivity contribution in [2.75, 3.05) is 25.8 Å². The molecule has 0 bridgehead atoms. The average Bonchev–Trinajstić information content (AvgIpc) is 3.42. The molecule has 0 fully saturated rings. The molecule has 1 N–H and O–H groups in total. The van der Waals surface area contributed by atoms with E-state index >= 15 is 0 Å². The second-order valence-corrected chi connectivity index (χ2v) is 8.41. The lowest BCUT2D eigenvalue weighted by Gasteiger charge is -2.32. The predicted molar refractivity (Wildman–Crippen MR) is 136 cm³/mol. The normalized spacial score (nSPS) is 15.1. The van der Waals surface area contributed by atoms with Gasteiger partial charge in [-0.25, -0.2) is 14.6 Å². The van der Waals surface area contributed by atoms with Crippen molar-refractivity contribution in [2.45, 2.75) is 19.5 Å². The lowest BCUT2D eigenvalue weighted by molar-refractivity contribution is 0.0526. The number of ether oxygens (including phenoxy) is 3. The van der Waals surface area contributed by atoms with Gasteiger partial charge in [-0.15, -0.1) is 0 Å². The third-order valence-electron chi connectivity index (χ3n) is 6.32. The van der Waals surface area contributed by atoms with Crippen LogP contribution in [0, 0.1) is 0 Å². The number of rotatable bonds is 6. The zero-order chi connectivity index (χ0) is 25.2. The molecule has 1 amide bonds. The van der Waals surface area contributed by atoms with Gasteiger partial charge < -0.3 is 19.2 Å². The molecule has 1 atom stereocenters. The molecule has 36 heavy (non-hydrogen) atoms. The van der Waals surface area contributed by atoms with Crippen LogP contribution in [0.1, 0.15) is 40.1 Å². The SMILES string of the molecule is CCOC(=O)c1ccc2c3c([nH]c2c1)C(c1ccccc1)N(Cc1ccc(OC)cc1)N3C(=O)OC. The summed E-state index contributed by atoms with van der Waals surface area (Å²) in [5.74, 6) is 0.373. The van der Waals surface area contributed by atoms with Gasteiger partial charge in [0.2, 0.25) is 0 Å². The van der Waals surface area contributed by atoms with E-state index in [-0.39, 0.29) is 12.0 Å². The van der Waals surface area contributed by atoms with E-state index in [2.05, 4.69) is 4.98 Å². The number of methoxy groups -OCH3 is 2. The molecule has 0 aliphatic carbocycles. The molecule has 1 aliphatic heterocycles. The van der Waals surface area contributed by atoms with Crippen LogP contribution in [0.2, 0.25) is 0 Å². The van der Waals surface area contributed by atoms with Crippen molar-refractivity contribution in [3.05, 3.63) is 95.2 Å². The monoisotopic (exact) mass is 485 g/mol. The molecule has 0 radical (unpaired) electrons. The Morgan fingerprint density at radius 2 is 1.72 bits per heavy atom. The minimum Gasteiger partial charge on any atom is -0.497 e. The third kappa shape index (κ3) is 4.05. The van der Waals surface area contributed by atoms with Gasteiger partial charge >= 0.3 is 12.1 Å².